The maximum Gasteiger partial charge on any atom is 0.331 e. The Morgan fingerprint density at radius 1 is 1.35 bits per heavy atom. The van der Waals surface area contributed by atoms with Gasteiger partial charge in [-0.05, 0) is 47.2 Å². The summed E-state index contributed by atoms with van der Waals surface area (Å²) in [5.41, 5.74) is 0.785. The second-order valence-electron chi connectivity index (χ2n) is 4.38. The first-order valence-electron chi connectivity index (χ1n) is 6.76. The molecule has 0 atom stereocenters. The second kappa shape index (κ2) is 9.88. The molecule has 124 valence electrons. The Bertz CT molecular complexity index is 625. The number of phenols is 1. The van der Waals surface area contributed by atoms with E-state index >= 15 is 0 Å². The highest BCUT2D eigenvalue weighted by Gasteiger charge is 2.10. The predicted octanol–water partition coefficient (Wildman–Crippen LogP) is 2.30. The zero-order chi connectivity index (χ0) is 17.2. The van der Waals surface area contributed by atoms with Gasteiger partial charge in [-0.15, -0.1) is 0 Å². The van der Waals surface area contributed by atoms with Crippen molar-refractivity contribution in [1.29, 1.82) is 0 Å². The number of benzene rings is 1. The molecule has 0 saturated carbocycles. The van der Waals surface area contributed by atoms with Crippen molar-refractivity contribution in [1.82, 2.24) is 5.32 Å². The van der Waals surface area contributed by atoms with Gasteiger partial charge in [-0.1, -0.05) is 18.2 Å². The Morgan fingerprint density at radius 3 is 2.74 bits per heavy atom. The van der Waals surface area contributed by atoms with E-state index in [4.69, 9.17) is 9.47 Å². The summed E-state index contributed by atoms with van der Waals surface area (Å²) in [4.78, 5) is 23.0. The lowest BCUT2D eigenvalue weighted by Crippen LogP contribution is -2.28. The quantitative estimate of drug-likeness (QED) is 0.300. The van der Waals surface area contributed by atoms with E-state index in [2.05, 4.69) is 5.32 Å². The van der Waals surface area contributed by atoms with Crippen molar-refractivity contribution in [2.24, 2.45) is 0 Å². The summed E-state index contributed by atoms with van der Waals surface area (Å²) < 4.78 is 10.6. The number of aromatic hydroxyl groups is 1. The van der Waals surface area contributed by atoms with E-state index in [9.17, 15) is 14.7 Å². The van der Waals surface area contributed by atoms with E-state index in [0.717, 1.165) is 9.13 Å². The second-order valence-corrected chi connectivity index (χ2v) is 5.55. The monoisotopic (exact) mass is 431 g/mol. The van der Waals surface area contributed by atoms with Crippen LogP contribution in [0.15, 0.2) is 36.4 Å². The molecule has 6 nitrogen and oxygen atoms in total. The van der Waals surface area contributed by atoms with E-state index in [1.165, 1.54) is 19.3 Å². The molecule has 0 unspecified atom stereocenters. The fourth-order valence-electron chi connectivity index (χ4n) is 1.56. The zero-order valence-corrected chi connectivity index (χ0v) is 15.0. The highest BCUT2D eigenvalue weighted by molar-refractivity contribution is 14.1. The standard InChI is InChI=1S/C16H18INO5/c1-3-4-5-6-16(21)23-10-15(20)18-9-11-7-14(22-2)13(19)8-12(11)17/h3-8,19H,9-10H2,1-2H3,(H,18,20)/b4-3+,6-5?. The maximum atomic E-state index is 11.7. The Kier molecular flexibility index (Phi) is 8.17. The molecule has 0 heterocycles. The summed E-state index contributed by atoms with van der Waals surface area (Å²) in [7, 11) is 1.45. The molecule has 0 fully saturated rings. The van der Waals surface area contributed by atoms with Crippen LogP contribution in [0.4, 0.5) is 0 Å². The van der Waals surface area contributed by atoms with Crippen molar-refractivity contribution in [2.75, 3.05) is 13.7 Å². The average molecular weight is 431 g/mol. The predicted molar refractivity (Wildman–Crippen MR) is 94.1 cm³/mol. The van der Waals surface area contributed by atoms with Crippen molar-refractivity contribution in [2.45, 2.75) is 13.5 Å². The molecule has 0 bridgehead atoms. The van der Waals surface area contributed by atoms with Gasteiger partial charge in [-0.3, -0.25) is 4.79 Å². The van der Waals surface area contributed by atoms with E-state index < -0.39 is 11.9 Å². The normalized spacial score (nSPS) is 10.9. The molecular formula is C16H18INO5. The van der Waals surface area contributed by atoms with Crippen molar-refractivity contribution >= 4 is 34.5 Å². The Hall–Kier alpha value is -2.03. The number of esters is 1. The number of nitrogens with one attached hydrogen (secondary N) is 1. The number of ether oxygens (including phenoxy) is 2. The van der Waals surface area contributed by atoms with Crippen molar-refractivity contribution in [3.63, 3.8) is 0 Å². The van der Waals surface area contributed by atoms with Crippen LogP contribution in [0.25, 0.3) is 0 Å². The molecule has 0 spiro atoms. The maximum absolute atomic E-state index is 11.7. The third kappa shape index (κ3) is 6.72. The van der Waals surface area contributed by atoms with E-state index in [1.807, 2.05) is 29.5 Å². The lowest BCUT2D eigenvalue weighted by atomic mass is 10.2. The lowest BCUT2D eigenvalue weighted by Gasteiger charge is -2.10. The summed E-state index contributed by atoms with van der Waals surface area (Å²) in [6, 6.07) is 3.19. The first-order valence-corrected chi connectivity index (χ1v) is 7.84. The van der Waals surface area contributed by atoms with E-state index in [-0.39, 0.29) is 18.9 Å². The highest BCUT2D eigenvalue weighted by atomic mass is 127. The average Bonchev–Trinajstić information content (AvgIpc) is 2.52. The SMILES string of the molecule is C/C=C/C=CC(=O)OCC(=O)NCc1cc(OC)c(O)cc1I. The molecule has 1 aromatic carbocycles. The van der Waals surface area contributed by atoms with Gasteiger partial charge >= 0.3 is 5.97 Å². The van der Waals surface area contributed by atoms with Crippen LogP contribution in [0.5, 0.6) is 11.5 Å². The Morgan fingerprint density at radius 2 is 2.09 bits per heavy atom. The van der Waals surface area contributed by atoms with E-state index in [1.54, 1.807) is 24.3 Å². The summed E-state index contributed by atoms with van der Waals surface area (Å²) in [5.74, 6) is -0.635. The van der Waals surface area contributed by atoms with Gasteiger partial charge in [-0.25, -0.2) is 4.79 Å². The van der Waals surface area contributed by atoms with Gasteiger partial charge in [0.25, 0.3) is 5.91 Å². The minimum atomic E-state index is -0.584. The summed E-state index contributed by atoms with van der Waals surface area (Å²) in [5, 5.41) is 12.3. The van der Waals surface area contributed by atoms with Gasteiger partial charge < -0.3 is 19.9 Å². The third-order valence-corrected chi connectivity index (χ3v) is 3.71. The van der Waals surface area contributed by atoms with Crippen molar-refractivity contribution < 1.29 is 24.2 Å². The Balaban J connectivity index is 2.49. The number of methoxy groups -OCH3 is 1. The molecule has 0 aliphatic heterocycles. The number of carbonyl (C=O) groups is 2. The molecule has 1 rings (SSSR count). The number of carbonyl (C=O) groups excluding carboxylic acids is 2. The highest BCUT2D eigenvalue weighted by Crippen LogP contribution is 2.30. The van der Waals surface area contributed by atoms with Crippen molar-refractivity contribution in [3.05, 3.63) is 45.6 Å². The van der Waals surface area contributed by atoms with Gasteiger partial charge in [0.05, 0.1) is 7.11 Å². The Labute approximate surface area is 148 Å². The molecular weight excluding hydrogens is 413 g/mol. The molecule has 0 aliphatic carbocycles. The lowest BCUT2D eigenvalue weighted by molar-refractivity contribution is -0.143. The van der Waals surface area contributed by atoms with Crippen LogP contribution in [0.3, 0.4) is 0 Å². The molecule has 0 saturated heterocycles. The molecule has 1 amide bonds. The molecule has 0 radical (unpaired) electrons. The number of hydrogen-bond acceptors (Lipinski definition) is 5. The third-order valence-electron chi connectivity index (χ3n) is 2.71. The van der Waals surface area contributed by atoms with Gasteiger partial charge in [0.15, 0.2) is 18.1 Å². The van der Waals surface area contributed by atoms with Gasteiger partial charge in [0, 0.05) is 16.2 Å². The molecule has 2 N–H and O–H groups in total. The molecule has 0 aliphatic rings. The molecule has 7 heteroatoms. The van der Waals surface area contributed by atoms with Crippen LogP contribution in [0.1, 0.15) is 12.5 Å². The van der Waals surface area contributed by atoms with Crippen LogP contribution < -0.4 is 10.1 Å². The number of hydrogen-bond donors (Lipinski definition) is 2. The topological polar surface area (TPSA) is 84.9 Å². The van der Waals surface area contributed by atoms with Crippen molar-refractivity contribution in [3.8, 4) is 11.5 Å². The van der Waals surface area contributed by atoms with Crippen LogP contribution in [-0.4, -0.2) is 30.7 Å². The van der Waals surface area contributed by atoms with Gasteiger partial charge in [0.2, 0.25) is 0 Å². The number of amides is 1. The minimum absolute atomic E-state index is 0.0359. The summed E-state index contributed by atoms with van der Waals surface area (Å²) in [6.45, 7) is 1.70. The fourth-order valence-corrected chi connectivity index (χ4v) is 2.20. The van der Waals surface area contributed by atoms with Crippen LogP contribution in [-0.2, 0) is 20.9 Å². The minimum Gasteiger partial charge on any atom is -0.504 e. The number of halogens is 1. The molecule has 23 heavy (non-hydrogen) atoms. The van der Waals surface area contributed by atoms with Gasteiger partial charge in [0.1, 0.15) is 0 Å². The number of phenolic OH excluding ortho intramolecular Hbond substituents is 1. The van der Waals surface area contributed by atoms with Gasteiger partial charge in [-0.2, -0.15) is 0 Å². The first kappa shape index (κ1) is 19.0. The fraction of sp³-hybridized carbons (Fsp3) is 0.250. The first-order chi connectivity index (χ1) is 11.0. The largest absolute Gasteiger partial charge is 0.504 e. The summed E-state index contributed by atoms with van der Waals surface area (Å²) >= 11 is 2.05. The zero-order valence-electron chi connectivity index (χ0n) is 12.8. The molecule has 1 aromatic rings. The van der Waals surface area contributed by atoms with E-state index in [0.29, 0.717) is 5.75 Å². The number of allylic oxidation sites excluding steroid dienone is 3. The van der Waals surface area contributed by atoms with Crippen LogP contribution >= 0.6 is 22.6 Å². The molecule has 0 aromatic heterocycles. The van der Waals surface area contributed by atoms with Crippen LogP contribution in [0.2, 0.25) is 0 Å². The number of rotatable bonds is 7. The smallest absolute Gasteiger partial charge is 0.331 e. The summed E-state index contributed by atoms with van der Waals surface area (Å²) in [6.07, 6.45) is 6.22. The van der Waals surface area contributed by atoms with Crippen LogP contribution in [0, 0.1) is 3.57 Å².